The van der Waals surface area contributed by atoms with Gasteiger partial charge in [0.1, 0.15) is 0 Å². The first-order valence-electron chi connectivity index (χ1n) is 5.48. The minimum Gasteiger partial charge on any atom is -0.343 e. The van der Waals surface area contributed by atoms with E-state index in [1.54, 1.807) is 0 Å². The predicted molar refractivity (Wildman–Crippen MR) is 57.6 cm³/mol. The summed E-state index contributed by atoms with van der Waals surface area (Å²) in [6, 6.07) is -0.133. The second-order valence-electron chi connectivity index (χ2n) is 4.15. The highest BCUT2D eigenvalue weighted by molar-refractivity contribution is 5.76. The average Bonchev–Trinajstić information content (AvgIpc) is 2.67. The molecule has 78 valence electrons. The fraction of sp³-hybridized carbons (Fsp3) is 0.750. The molecule has 1 unspecified atom stereocenters. The molecule has 1 atom stereocenters. The molecule has 14 heavy (non-hydrogen) atoms. The molecule has 0 radical (unpaired) electrons. The van der Waals surface area contributed by atoms with Crippen LogP contribution in [0.3, 0.4) is 0 Å². The van der Waals surface area contributed by atoms with E-state index in [9.17, 15) is 4.79 Å². The maximum absolute atomic E-state index is 11.4. The molecule has 0 heterocycles. The van der Waals surface area contributed by atoms with Crippen LogP contribution < -0.4 is 5.32 Å². The number of carbonyl (C=O) groups excluding carboxylic acids is 1. The standard InChI is InChI=1S/C12H19NO/c1-3-10(2)13-12(14)9-8-11-6-4-5-7-11/h1,10-11H,4-9H2,2H3,(H,13,14). The molecule has 0 aliphatic heterocycles. The summed E-state index contributed by atoms with van der Waals surface area (Å²) in [7, 11) is 0. The van der Waals surface area contributed by atoms with Crippen LogP contribution in [0.15, 0.2) is 0 Å². The lowest BCUT2D eigenvalue weighted by Gasteiger charge is -2.10. The van der Waals surface area contributed by atoms with E-state index < -0.39 is 0 Å². The smallest absolute Gasteiger partial charge is 0.220 e. The van der Waals surface area contributed by atoms with Gasteiger partial charge in [-0.05, 0) is 19.3 Å². The summed E-state index contributed by atoms with van der Waals surface area (Å²) < 4.78 is 0. The number of carbonyl (C=O) groups is 1. The lowest BCUT2D eigenvalue weighted by molar-refractivity contribution is -0.121. The van der Waals surface area contributed by atoms with Crippen molar-refractivity contribution in [3.05, 3.63) is 0 Å². The quantitative estimate of drug-likeness (QED) is 0.681. The van der Waals surface area contributed by atoms with Gasteiger partial charge in [-0.15, -0.1) is 6.42 Å². The number of terminal acetylenes is 1. The molecule has 0 saturated heterocycles. The van der Waals surface area contributed by atoms with Gasteiger partial charge in [0.25, 0.3) is 0 Å². The molecular formula is C12H19NO. The van der Waals surface area contributed by atoms with Gasteiger partial charge in [0, 0.05) is 6.42 Å². The Morgan fingerprint density at radius 1 is 1.57 bits per heavy atom. The third-order valence-electron chi connectivity index (χ3n) is 2.88. The minimum atomic E-state index is -0.133. The summed E-state index contributed by atoms with van der Waals surface area (Å²) in [6.07, 6.45) is 12.1. The van der Waals surface area contributed by atoms with Crippen molar-refractivity contribution in [2.75, 3.05) is 0 Å². The average molecular weight is 193 g/mol. The van der Waals surface area contributed by atoms with Gasteiger partial charge in [0.2, 0.25) is 5.91 Å². The van der Waals surface area contributed by atoms with E-state index in [2.05, 4.69) is 11.2 Å². The summed E-state index contributed by atoms with van der Waals surface area (Å²) in [5.74, 6) is 3.37. The summed E-state index contributed by atoms with van der Waals surface area (Å²) in [5.41, 5.74) is 0. The van der Waals surface area contributed by atoms with Crippen molar-refractivity contribution in [2.24, 2.45) is 5.92 Å². The third-order valence-corrected chi connectivity index (χ3v) is 2.88. The fourth-order valence-corrected chi connectivity index (χ4v) is 1.99. The highest BCUT2D eigenvalue weighted by Crippen LogP contribution is 2.28. The number of nitrogens with one attached hydrogen (secondary N) is 1. The Bertz CT molecular complexity index is 223. The summed E-state index contributed by atoms with van der Waals surface area (Å²) in [6.45, 7) is 1.83. The van der Waals surface area contributed by atoms with Crippen molar-refractivity contribution in [3.63, 3.8) is 0 Å². The van der Waals surface area contributed by atoms with Gasteiger partial charge in [-0.3, -0.25) is 4.79 Å². The molecule has 1 aliphatic rings. The summed E-state index contributed by atoms with van der Waals surface area (Å²) in [4.78, 5) is 11.4. The molecule has 1 fully saturated rings. The molecule has 1 rings (SSSR count). The molecule has 0 aromatic heterocycles. The van der Waals surface area contributed by atoms with E-state index >= 15 is 0 Å². The molecule has 1 N–H and O–H groups in total. The minimum absolute atomic E-state index is 0.0994. The Labute approximate surface area is 86.5 Å². The largest absolute Gasteiger partial charge is 0.343 e. The Balaban J connectivity index is 2.11. The number of hydrogen-bond acceptors (Lipinski definition) is 1. The van der Waals surface area contributed by atoms with Crippen molar-refractivity contribution >= 4 is 5.91 Å². The maximum Gasteiger partial charge on any atom is 0.220 e. The molecule has 0 aromatic carbocycles. The van der Waals surface area contributed by atoms with Crippen molar-refractivity contribution in [2.45, 2.75) is 51.5 Å². The molecule has 0 bridgehead atoms. The third kappa shape index (κ3) is 3.83. The van der Waals surface area contributed by atoms with Crippen LogP contribution in [0, 0.1) is 18.3 Å². The Morgan fingerprint density at radius 2 is 2.21 bits per heavy atom. The van der Waals surface area contributed by atoms with Gasteiger partial charge in [-0.25, -0.2) is 0 Å². The highest BCUT2D eigenvalue weighted by atomic mass is 16.1. The monoisotopic (exact) mass is 193 g/mol. The van der Waals surface area contributed by atoms with Gasteiger partial charge in [-0.2, -0.15) is 0 Å². The molecule has 2 heteroatoms. The fourth-order valence-electron chi connectivity index (χ4n) is 1.99. The highest BCUT2D eigenvalue weighted by Gasteiger charge is 2.16. The van der Waals surface area contributed by atoms with Gasteiger partial charge >= 0.3 is 0 Å². The van der Waals surface area contributed by atoms with Crippen LogP contribution in [0.25, 0.3) is 0 Å². The first-order chi connectivity index (χ1) is 6.72. The number of amides is 1. The van der Waals surface area contributed by atoms with E-state index in [-0.39, 0.29) is 11.9 Å². The van der Waals surface area contributed by atoms with Crippen LogP contribution in [-0.4, -0.2) is 11.9 Å². The predicted octanol–water partition coefficient (Wildman–Crippen LogP) is 2.09. The topological polar surface area (TPSA) is 29.1 Å². The summed E-state index contributed by atoms with van der Waals surface area (Å²) in [5, 5.41) is 2.78. The maximum atomic E-state index is 11.4. The zero-order valence-corrected chi connectivity index (χ0v) is 8.88. The number of rotatable bonds is 4. The van der Waals surface area contributed by atoms with Crippen molar-refractivity contribution < 1.29 is 4.79 Å². The van der Waals surface area contributed by atoms with E-state index in [0.29, 0.717) is 6.42 Å². The second kappa shape index (κ2) is 5.70. The SMILES string of the molecule is C#CC(C)NC(=O)CCC1CCCC1. The lowest BCUT2D eigenvalue weighted by Crippen LogP contribution is -2.31. The molecular weight excluding hydrogens is 174 g/mol. The Kier molecular flexibility index (Phi) is 4.52. The normalized spacial score (nSPS) is 18.9. The van der Waals surface area contributed by atoms with Crippen molar-refractivity contribution in [1.29, 1.82) is 0 Å². The molecule has 1 amide bonds. The van der Waals surface area contributed by atoms with E-state index in [0.717, 1.165) is 12.3 Å². The van der Waals surface area contributed by atoms with Crippen molar-refractivity contribution in [1.82, 2.24) is 5.32 Å². The molecule has 2 nitrogen and oxygen atoms in total. The van der Waals surface area contributed by atoms with Crippen LogP contribution >= 0.6 is 0 Å². The molecule has 0 spiro atoms. The summed E-state index contributed by atoms with van der Waals surface area (Å²) >= 11 is 0. The molecule has 1 saturated carbocycles. The number of hydrogen-bond donors (Lipinski definition) is 1. The first-order valence-corrected chi connectivity index (χ1v) is 5.48. The van der Waals surface area contributed by atoms with Gasteiger partial charge in [0.05, 0.1) is 6.04 Å². The Morgan fingerprint density at radius 3 is 2.79 bits per heavy atom. The van der Waals surface area contributed by atoms with Crippen LogP contribution in [0.1, 0.15) is 45.4 Å². The van der Waals surface area contributed by atoms with Crippen LogP contribution in [-0.2, 0) is 4.79 Å². The van der Waals surface area contributed by atoms with Crippen molar-refractivity contribution in [3.8, 4) is 12.3 Å². The van der Waals surface area contributed by atoms with Crippen LogP contribution in [0.4, 0.5) is 0 Å². The van der Waals surface area contributed by atoms with Gasteiger partial charge < -0.3 is 5.32 Å². The lowest BCUT2D eigenvalue weighted by atomic mass is 10.0. The van der Waals surface area contributed by atoms with Crippen LogP contribution in [0.5, 0.6) is 0 Å². The zero-order chi connectivity index (χ0) is 10.4. The molecule has 0 aromatic rings. The zero-order valence-electron chi connectivity index (χ0n) is 8.88. The Hall–Kier alpha value is -0.970. The van der Waals surface area contributed by atoms with E-state index in [1.165, 1.54) is 25.7 Å². The van der Waals surface area contributed by atoms with E-state index in [4.69, 9.17) is 6.42 Å². The van der Waals surface area contributed by atoms with Gasteiger partial charge in [-0.1, -0.05) is 31.6 Å². The van der Waals surface area contributed by atoms with Crippen LogP contribution in [0.2, 0.25) is 0 Å². The van der Waals surface area contributed by atoms with E-state index in [1.807, 2.05) is 6.92 Å². The first kappa shape index (κ1) is 11.1. The van der Waals surface area contributed by atoms with Gasteiger partial charge in [0.15, 0.2) is 0 Å². The second-order valence-corrected chi connectivity index (χ2v) is 4.15. The molecule has 1 aliphatic carbocycles.